The Morgan fingerprint density at radius 2 is 1.90 bits per heavy atom. The highest BCUT2D eigenvalue weighted by Crippen LogP contribution is 2.24. The molecule has 3 rings (SSSR count). The summed E-state index contributed by atoms with van der Waals surface area (Å²) in [5.74, 6) is -0.0729. The van der Waals surface area contributed by atoms with Gasteiger partial charge in [-0.25, -0.2) is 8.42 Å². The van der Waals surface area contributed by atoms with Crippen molar-refractivity contribution in [3.63, 3.8) is 0 Å². The van der Waals surface area contributed by atoms with E-state index in [-0.39, 0.29) is 50.0 Å². The molecular weight excluding hydrogens is 461 g/mol. The number of amides is 1. The molecule has 2 saturated heterocycles. The van der Waals surface area contributed by atoms with Crippen LogP contribution >= 0.6 is 35.6 Å². The normalized spacial score (nSPS) is 23.8. The van der Waals surface area contributed by atoms with Crippen molar-refractivity contribution in [2.24, 2.45) is 0 Å². The van der Waals surface area contributed by atoms with Gasteiger partial charge in [0.1, 0.15) is 0 Å². The van der Waals surface area contributed by atoms with Gasteiger partial charge >= 0.3 is 0 Å². The van der Waals surface area contributed by atoms with Crippen molar-refractivity contribution in [1.29, 1.82) is 0 Å². The van der Waals surface area contributed by atoms with Crippen molar-refractivity contribution in [2.75, 3.05) is 45.5 Å². The summed E-state index contributed by atoms with van der Waals surface area (Å²) in [5.41, 5.74) is 0.764. The predicted octanol–water partition coefficient (Wildman–Crippen LogP) is 1.50. The maximum atomic E-state index is 13.0. The Morgan fingerprint density at radius 1 is 1.17 bits per heavy atom. The summed E-state index contributed by atoms with van der Waals surface area (Å²) >= 11 is 12.0. The van der Waals surface area contributed by atoms with Crippen LogP contribution in [0.3, 0.4) is 0 Å². The third kappa shape index (κ3) is 6.43. The lowest BCUT2D eigenvalue weighted by Gasteiger charge is -2.42. The summed E-state index contributed by atoms with van der Waals surface area (Å²) < 4.78 is 25.4. The number of hydrogen-bond acceptors (Lipinski definition) is 5. The number of aliphatic hydroxyl groups excluding tert-OH is 1. The lowest BCUT2D eigenvalue weighted by molar-refractivity contribution is -0.135. The van der Waals surface area contributed by atoms with E-state index in [9.17, 15) is 18.3 Å². The molecule has 164 valence electrons. The molecule has 29 heavy (non-hydrogen) atoms. The van der Waals surface area contributed by atoms with Crippen LogP contribution in [0.5, 0.6) is 0 Å². The topological polar surface area (TPSA) is 81.2 Å². The first kappa shape index (κ1) is 24.7. The summed E-state index contributed by atoms with van der Waals surface area (Å²) in [5, 5.41) is 10.6. The SMILES string of the molecule is CS(=O)(=O)N1CCN(C(=O)Cc2ccc(Cl)c(Cl)c2)[C@@H](CN2CCC(O)C2)C1.Cl. The van der Waals surface area contributed by atoms with Crippen molar-refractivity contribution in [3.8, 4) is 0 Å². The molecule has 2 aliphatic rings. The Hall–Kier alpha value is -0.610. The van der Waals surface area contributed by atoms with Crippen LogP contribution in [0.1, 0.15) is 12.0 Å². The largest absolute Gasteiger partial charge is 0.392 e. The van der Waals surface area contributed by atoms with Gasteiger partial charge in [0.05, 0.1) is 34.9 Å². The van der Waals surface area contributed by atoms with E-state index in [4.69, 9.17) is 23.2 Å². The smallest absolute Gasteiger partial charge is 0.227 e. The molecular formula is C18H26Cl3N3O4S. The molecule has 1 aromatic carbocycles. The number of hydrogen-bond donors (Lipinski definition) is 1. The molecule has 2 fully saturated rings. The van der Waals surface area contributed by atoms with E-state index < -0.39 is 10.0 Å². The zero-order chi connectivity index (χ0) is 20.5. The average molecular weight is 487 g/mol. The van der Waals surface area contributed by atoms with E-state index in [0.717, 1.165) is 12.1 Å². The standard InChI is InChI=1S/C18H25Cl2N3O4S.ClH/c1-28(26,27)22-6-7-23(14(11-22)10-21-5-4-15(24)12-21)18(25)9-13-2-3-16(19)17(20)8-13;/h2-3,8,14-15,24H,4-7,9-12H2,1H3;1H/t14-,15?;/m0./s1. The van der Waals surface area contributed by atoms with Crippen molar-refractivity contribution < 1.29 is 18.3 Å². The van der Waals surface area contributed by atoms with Crippen molar-refractivity contribution >= 4 is 51.5 Å². The fraction of sp³-hybridized carbons (Fsp3) is 0.611. The summed E-state index contributed by atoms with van der Waals surface area (Å²) in [4.78, 5) is 16.8. The van der Waals surface area contributed by atoms with Gasteiger partial charge in [0.25, 0.3) is 0 Å². The van der Waals surface area contributed by atoms with Crippen LogP contribution in [0, 0.1) is 0 Å². The maximum Gasteiger partial charge on any atom is 0.227 e. The van der Waals surface area contributed by atoms with Gasteiger partial charge in [-0.3, -0.25) is 9.69 Å². The number of sulfonamides is 1. The molecule has 2 atom stereocenters. The molecule has 1 aromatic rings. The Bertz CT molecular complexity index is 840. The number of carbonyl (C=O) groups excluding carboxylic acids is 1. The molecule has 0 aliphatic carbocycles. The monoisotopic (exact) mass is 485 g/mol. The third-order valence-electron chi connectivity index (χ3n) is 5.29. The van der Waals surface area contributed by atoms with E-state index in [2.05, 4.69) is 4.90 Å². The first-order valence-electron chi connectivity index (χ1n) is 9.22. The number of benzene rings is 1. The van der Waals surface area contributed by atoms with Gasteiger partial charge < -0.3 is 10.0 Å². The summed E-state index contributed by atoms with van der Waals surface area (Å²) in [6, 6.07) is 4.85. The van der Waals surface area contributed by atoms with Crippen LogP contribution in [0.15, 0.2) is 18.2 Å². The first-order valence-corrected chi connectivity index (χ1v) is 11.8. The first-order chi connectivity index (χ1) is 13.1. The van der Waals surface area contributed by atoms with E-state index in [1.165, 1.54) is 10.6 Å². The molecule has 2 heterocycles. The Morgan fingerprint density at radius 3 is 2.48 bits per heavy atom. The zero-order valence-corrected chi connectivity index (χ0v) is 19.3. The lowest BCUT2D eigenvalue weighted by Crippen LogP contribution is -2.59. The molecule has 0 spiro atoms. The number of rotatable bonds is 5. The fourth-order valence-corrected chi connectivity index (χ4v) is 4.99. The molecule has 1 unspecified atom stereocenters. The Balaban J connectivity index is 0.00000300. The number of nitrogens with zero attached hydrogens (tertiary/aromatic N) is 3. The van der Waals surface area contributed by atoms with Gasteiger partial charge in [-0.2, -0.15) is 4.31 Å². The fourth-order valence-electron chi connectivity index (χ4n) is 3.81. The van der Waals surface area contributed by atoms with Crippen LogP contribution < -0.4 is 0 Å². The van der Waals surface area contributed by atoms with Crippen LogP contribution in [-0.2, 0) is 21.2 Å². The lowest BCUT2D eigenvalue weighted by atomic mass is 10.1. The van der Waals surface area contributed by atoms with Crippen LogP contribution in [0.25, 0.3) is 0 Å². The highest BCUT2D eigenvalue weighted by molar-refractivity contribution is 7.88. The molecule has 1 N–H and O–H groups in total. The molecule has 0 aromatic heterocycles. The second-order valence-corrected chi connectivity index (χ2v) is 10.3. The zero-order valence-electron chi connectivity index (χ0n) is 16.1. The number of halogens is 3. The molecule has 1 amide bonds. The number of aliphatic hydroxyl groups is 1. The molecule has 2 aliphatic heterocycles. The molecule has 0 bridgehead atoms. The summed E-state index contributed by atoms with van der Waals surface area (Å²) in [7, 11) is -3.33. The van der Waals surface area contributed by atoms with Gasteiger partial charge in [0, 0.05) is 39.3 Å². The van der Waals surface area contributed by atoms with Gasteiger partial charge in [-0.15, -0.1) is 12.4 Å². The minimum atomic E-state index is -3.33. The quantitative estimate of drug-likeness (QED) is 0.682. The molecule has 7 nitrogen and oxygen atoms in total. The minimum Gasteiger partial charge on any atom is -0.392 e. The summed E-state index contributed by atoms with van der Waals surface area (Å²) in [6.45, 7) is 2.71. The van der Waals surface area contributed by atoms with Crippen molar-refractivity contribution in [3.05, 3.63) is 33.8 Å². The van der Waals surface area contributed by atoms with Crippen molar-refractivity contribution in [1.82, 2.24) is 14.1 Å². The van der Waals surface area contributed by atoms with Crippen LogP contribution in [-0.4, -0.2) is 91.2 Å². The predicted molar refractivity (Wildman–Crippen MR) is 116 cm³/mol. The number of piperazine rings is 1. The Labute approximate surface area is 188 Å². The number of β-amino-alcohol motifs (C(OH)–C–C–N with tert-alkyl or cyclic N) is 1. The molecule has 0 saturated carbocycles. The van der Waals surface area contributed by atoms with E-state index in [1.807, 2.05) is 0 Å². The molecule has 11 heteroatoms. The van der Waals surface area contributed by atoms with E-state index in [1.54, 1.807) is 23.1 Å². The second-order valence-electron chi connectivity index (χ2n) is 7.49. The molecule has 0 radical (unpaired) electrons. The number of carbonyl (C=O) groups is 1. The van der Waals surface area contributed by atoms with Gasteiger partial charge in [-0.1, -0.05) is 29.3 Å². The van der Waals surface area contributed by atoms with Gasteiger partial charge in [0.15, 0.2) is 0 Å². The van der Waals surface area contributed by atoms with Crippen LogP contribution in [0.4, 0.5) is 0 Å². The van der Waals surface area contributed by atoms with Gasteiger partial charge in [-0.05, 0) is 24.1 Å². The highest BCUT2D eigenvalue weighted by Gasteiger charge is 2.36. The van der Waals surface area contributed by atoms with E-state index in [0.29, 0.717) is 36.1 Å². The Kier molecular flexibility index (Phi) is 8.61. The van der Waals surface area contributed by atoms with Crippen molar-refractivity contribution in [2.45, 2.75) is 25.0 Å². The third-order valence-corrected chi connectivity index (χ3v) is 7.30. The second kappa shape index (κ2) is 10.1. The number of likely N-dealkylation sites (tertiary alicyclic amines) is 1. The highest BCUT2D eigenvalue weighted by atomic mass is 35.5. The average Bonchev–Trinajstić information content (AvgIpc) is 3.02. The van der Waals surface area contributed by atoms with E-state index >= 15 is 0 Å². The minimum absolute atomic E-state index is 0. The van der Waals surface area contributed by atoms with Gasteiger partial charge in [0.2, 0.25) is 15.9 Å². The summed E-state index contributed by atoms with van der Waals surface area (Å²) in [6.07, 6.45) is 1.70. The maximum absolute atomic E-state index is 13.0. The van der Waals surface area contributed by atoms with Crippen LogP contribution in [0.2, 0.25) is 10.0 Å².